The number of benzene rings is 1. The van der Waals surface area contributed by atoms with Crippen LogP contribution in [0.15, 0.2) is 18.2 Å². The zero-order valence-electron chi connectivity index (χ0n) is 18.5. The fourth-order valence-corrected chi connectivity index (χ4v) is 5.47. The van der Waals surface area contributed by atoms with Crippen molar-refractivity contribution in [1.82, 2.24) is 9.62 Å². The monoisotopic (exact) mass is 469 g/mol. The molecule has 0 bridgehead atoms. The molecule has 172 valence electrons. The molecule has 0 spiro atoms. The molecule has 1 heterocycles. The van der Waals surface area contributed by atoms with Gasteiger partial charge in [-0.1, -0.05) is 49.8 Å². The first-order valence-electron chi connectivity index (χ1n) is 10.9. The predicted octanol–water partition coefficient (Wildman–Crippen LogP) is 3.24. The molecule has 1 saturated carbocycles. The molecule has 9 heteroatoms. The molecular weight excluding hydrogens is 438 g/mol. The fraction of sp³-hybridized carbons (Fsp3) is 0.636. The van der Waals surface area contributed by atoms with Crippen molar-refractivity contribution in [1.29, 1.82) is 0 Å². The lowest BCUT2D eigenvalue weighted by Crippen LogP contribution is -2.70. The summed E-state index contributed by atoms with van der Waals surface area (Å²) in [5.41, 5.74) is -0.0447. The van der Waals surface area contributed by atoms with E-state index in [2.05, 4.69) is 5.32 Å². The summed E-state index contributed by atoms with van der Waals surface area (Å²) in [7, 11) is -3.65. The van der Waals surface area contributed by atoms with Gasteiger partial charge in [0.25, 0.3) is 0 Å². The summed E-state index contributed by atoms with van der Waals surface area (Å²) in [5, 5.41) is 3.61. The molecule has 1 aliphatic carbocycles. The van der Waals surface area contributed by atoms with Crippen LogP contribution in [0, 0.1) is 6.92 Å². The second-order valence-electron chi connectivity index (χ2n) is 8.98. The number of piperazine rings is 1. The van der Waals surface area contributed by atoms with Crippen LogP contribution >= 0.6 is 11.6 Å². The Labute approximate surface area is 190 Å². The number of carbonyl (C=O) groups is 2. The van der Waals surface area contributed by atoms with Crippen LogP contribution in [-0.4, -0.2) is 55.5 Å². The van der Waals surface area contributed by atoms with E-state index in [1.54, 1.807) is 25.1 Å². The molecule has 0 radical (unpaired) electrons. The van der Waals surface area contributed by atoms with E-state index in [1.165, 1.54) is 11.3 Å². The van der Waals surface area contributed by atoms with Gasteiger partial charge in [0, 0.05) is 23.3 Å². The zero-order valence-corrected chi connectivity index (χ0v) is 20.1. The third-order valence-electron chi connectivity index (χ3n) is 6.35. The summed E-state index contributed by atoms with van der Waals surface area (Å²) in [6.07, 6.45) is 8.46. The maximum atomic E-state index is 13.6. The van der Waals surface area contributed by atoms with Gasteiger partial charge in [0.15, 0.2) is 0 Å². The van der Waals surface area contributed by atoms with Crippen molar-refractivity contribution in [3.8, 4) is 0 Å². The summed E-state index contributed by atoms with van der Waals surface area (Å²) in [6.45, 7) is 3.07. The lowest BCUT2D eigenvalue weighted by molar-refractivity contribution is -0.133. The van der Waals surface area contributed by atoms with Crippen LogP contribution in [0.5, 0.6) is 0 Å². The molecule has 1 unspecified atom stereocenters. The van der Waals surface area contributed by atoms with Crippen molar-refractivity contribution in [2.45, 2.75) is 70.4 Å². The maximum absolute atomic E-state index is 13.6. The van der Waals surface area contributed by atoms with Gasteiger partial charge in [-0.3, -0.25) is 14.5 Å². The lowest BCUT2D eigenvalue weighted by atomic mass is 9.92. The number of hydrogen-bond donors (Lipinski definition) is 1. The van der Waals surface area contributed by atoms with Crippen LogP contribution in [0.3, 0.4) is 0 Å². The average Bonchev–Trinajstić information content (AvgIpc) is 2.65. The quantitative estimate of drug-likeness (QED) is 0.733. The number of aryl methyl sites for hydroxylation is 1. The number of carbonyl (C=O) groups excluding carboxylic acids is 2. The maximum Gasteiger partial charge on any atom is 0.247 e. The van der Waals surface area contributed by atoms with Gasteiger partial charge < -0.3 is 5.32 Å². The highest BCUT2D eigenvalue weighted by Crippen LogP contribution is 2.33. The van der Waals surface area contributed by atoms with Gasteiger partial charge >= 0.3 is 0 Å². The number of amides is 2. The predicted molar refractivity (Wildman–Crippen MR) is 123 cm³/mol. The summed E-state index contributed by atoms with van der Waals surface area (Å²) < 4.78 is 25.6. The number of hydrogen-bond acceptors (Lipinski definition) is 4. The van der Waals surface area contributed by atoms with Gasteiger partial charge in [-0.15, -0.1) is 0 Å². The Morgan fingerprint density at radius 2 is 1.77 bits per heavy atom. The molecule has 1 atom stereocenters. The topological polar surface area (TPSA) is 86.8 Å². The summed E-state index contributed by atoms with van der Waals surface area (Å²) in [4.78, 5) is 28.2. The molecule has 2 amide bonds. The normalized spacial score (nSPS) is 24.5. The van der Waals surface area contributed by atoms with E-state index >= 15 is 0 Å². The molecule has 1 N–H and O–H groups in total. The van der Waals surface area contributed by atoms with Crippen LogP contribution in [0.1, 0.15) is 57.4 Å². The van der Waals surface area contributed by atoms with Crippen molar-refractivity contribution < 1.29 is 18.0 Å². The van der Waals surface area contributed by atoms with Crippen LogP contribution in [0.2, 0.25) is 5.02 Å². The highest BCUT2D eigenvalue weighted by atomic mass is 35.5. The molecule has 1 aromatic carbocycles. The third-order valence-corrected chi connectivity index (χ3v) is 7.95. The number of anilines is 1. The number of rotatable bonds is 4. The van der Waals surface area contributed by atoms with E-state index < -0.39 is 21.5 Å². The minimum atomic E-state index is -3.65. The number of nitrogens with zero attached hydrogens (tertiary/aromatic N) is 2. The smallest absolute Gasteiger partial charge is 0.247 e. The molecule has 1 saturated heterocycles. The second kappa shape index (κ2) is 9.46. The number of sulfonamides is 1. The Morgan fingerprint density at radius 1 is 1.16 bits per heavy atom. The summed E-state index contributed by atoms with van der Waals surface area (Å²) in [5.74, 6) is -0.789. The van der Waals surface area contributed by atoms with Gasteiger partial charge in [0.1, 0.15) is 5.54 Å². The third kappa shape index (κ3) is 5.41. The first kappa shape index (κ1) is 24.0. The van der Waals surface area contributed by atoms with Crippen molar-refractivity contribution in [3.05, 3.63) is 28.8 Å². The standard InChI is InChI=1S/C22H32ClN3O4S/c1-16-11-12-18(13-19(16)23)26-20(27)14-25(31(3,29)30)15-22(26,2)21(28)24-17-9-7-5-4-6-8-10-17/h11-13,17H,4-10,14-15H2,1-3H3,(H,24,28). The van der Waals surface area contributed by atoms with E-state index in [0.29, 0.717) is 10.7 Å². The number of halogens is 1. The molecule has 3 rings (SSSR count). The zero-order chi connectivity index (χ0) is 22.8. The SMILES string of the molecule is Cc1ccc(N2C(=O)CN(S(C)(=O)=O)CC2(C)C(=O)NC2CCCCCCC2)cc1Cl. The Bertz CT molecular complexity index is 944. The minimum Gasteiger partial charge on any atom is -0.351 e. The Morgan fingerprint density at radius 3 is 2.35 bits per heavy atom. The lowest BCUT2D eigenvalue weighted by Gasteiger charge is -2.47. The summed E-state index contributed by atoms with van der Waals surface area (Å²) in [6, 6.07) is 5.22. The van der Waals surface area contributed by atoms with Gasteiger partial charge in [0.05, 0.1) is 12.8 Å². The van der Waals surface area contributed by atoms with Crippen LogP contribution in [0.4, 0.5) is 5.69 Å². The largest absolute Gasteiger partial charge is 0.351 e. The second-order valence-corrected chi connectivity index (χ2v) is 11.4. The summed E-state index contributed by atoms with van der Waals surface area (Å²) >= 11 is 6.30. The van der Waals surface area contributed by atoms with Crippen molar-refractivity contribution >= 4 is 39.1 Å². The first-order valence-corrected chi connectivity index (χ1v) is 13.1. The number of nitrogens with one attached hydrogen (secondary N) is 1. The van der Waals surface area contributed by atoms with E-state index in [4.69, 9.17) is 11.6 Å². The van der Waals surface area contributed by atoms with E-state index in [1.807, 2.05) is 6.92 Å². The Kier molecular flexibility index (Phi) is 7.33. The van der Waals surface area contributed by atoms with Crippen molar-refractivity contribution in [2.24, 2.45) is 0 Å². The molecule has 1 aromatic rings. The molecule has 0 aromatic heterocycles. The fourth-order valence-electron chi connectivity index (χ4n) is 4.47. The van der Waals surface area contributed by atoms with Gasteiger partial charge in [-0.25, -0.2) is 8.42 Å². The molecule has 1 aliphatic heterocycles. The molecule has 2 aliphatic rings. The first-order chi connectivity index (χ1) is 14.5. The van der Waals surface area contributed by atoms with Gasteiger partial charge in [-0.05, 0) is 44.4 Å². The molecule has 31 heavy (non-hydrogen) atoms. The highest BCUT2D eigenvalue weighted by molar-refractivity contribution is 7.88. The molecular formula is C22H32ClN3O4S. The van der Waals surface area contributed by atoms with Crippen LogP contribution < -0.4 is 10.2 Å². The van der Waals surface area contributed by atoms with Crippen LogP contribution in [0.25, 0.3) is 0 Å². The van der Waals surface area contributed by atoms with Crippen LogP contribution in [-0.2, 0) is 19.6 Å². The van der Waals surface area contributed by atoms with Gasteiger partial charge in [0.2, 0.25) is 21.8 Å². The Balaban J connectivity index is 1.96. The highest BCUT2D eigenvalue weighted by Gasteiger charge is 2.50. The molecule has 7 nitrogen and oxygen atoms in total. The average molecular weight is 470 g/mol. The van der Waals surface area contributed by atoms with Crippen molar-refractivity contribution in [3.63, 3.8) is 0 Å². The minimum absolute atomic E-state index is 0.0248. The van der Waals surface area contributed by atoms with E-state index in [-0.39, 0.29) is 25.0 Å². The van der Waals surface area contributed by atoms with E-state index in [9.17, 15) is 18.0 Å². The molecule has 2 fully saturated rings. The van der Waals surface area contributed by atoms with Gasteiger partial charge in [-0.2, -0.15) is 4.31 Å². The van der Waals surface area contributed by atoms with E-state index in [0.717, 1.165) is 54.6 Å². The Hall–Kier alpha value is -1.64. The van der Waals surface area contributed by atoms with Crippen molar-refractivity contribution in [2.75, 3.05) is 24.2 Å².